The maximum atomic E-state index is 12.0. The van der Waals surface area contributed by atoms with Gasteiger partial charge in [-0.1, -0.05) is 70.8 Å². The van der Waals surface area contributed by atoms with E-state index in [-0.39, 0.29) is 12.4 Å². The third-order valence-corrected chi connectivity index (χ3v) is 7.28. The molecule has 6 heteroatoms. The maximum Gasteiger partial charge on any atom is 0.309 e. The molecule has 0 aliphatic rings. The highest BCUT2D eigenvalue weighted by Crippen LogP contribution is 2.39. The van der Waals surface area contributed by atoms with Gasteiger partial charge < -0.3 is 4.74 Å². The molecule has 4 rings (SSSR count). The van der Waals surface area contributed by atoms with Crippen molar-refractivity contribution < 1.29 is 9.53 Å². The van der Waals surface area contributed by atoms with Gasteiger partial charge in [-0.2, -0.15) is 0 Å². The summed E-state index contributed by atoms with van der Waals surface area (Å²) in [5.74, 6) is -0.265. The highest BCUT2D eigenvalue weighted by Gasteiger charge is 2.15. The SMILES string of the molecule is COC(=O)Cc1cc2ccc(Cl)cc2c(-c2ccc(Sc3ccc(Cl)cc3Cl)cc2)c1C. The molecule has 0 saturated heterocycles. The van der Waals surface area contributed by atoms with Crippen LogP contribution in [0.5, 0.6) is 0 Å². The second-order valence-electron chi connectivity index (χ2n) is 7.36. The lowest BCUT2D eigenvalue weighted by Gasteiger charge is -2.16. The molecule has 0 radical (unpaired) electrons. The second-order valence-corrected chi connectivity index (χ2v) is 9.75. The fourth-order valence-electron chi connectivity index (χ4n) is 3.69. The molecule has 0 atom stereocenters. The Morgan fingerprint density at radius 1 is 0.906 bits per heavy atom. The average Bonchev–Trinajstić information content (AvgIpc) is 2.77. The molecule has 162 valence electrons. The molecule has 0 spiro atoms. The summed E-state index contributed by atoms with van der Waals surface area (Å²) in [6.07, 6.45) is 0.219. The van der Waals surface area contributed by atoms with Gasteiger partial charge in [0.1, 0.15) is 0 Å². The summed E-state index contributed by atoms with van der Waals surface area (Å²) >= 11 is 20.2. The molecule has 32 heavy (non-hydrogen) atoms. The minimum Gasteiger partial charge on any atom is -0.469 e. The minimum atomic E-state index is -0.265. The normalized spacial score (nSPS) is 11.0. The van der Waals surface area contributed by atoms with Gasteiger partial charge in [-0.05, 0) is 82.4 Å². The Kier molecular flexibility index (Phi) is 7.02. The third kappa shape index (κ3) is 4.92. The Morgan fingerprint density at radius 3 is 2.28 bits per heavy atom. The van der Waals surface area contributed by atoms with Crippen molar-refractivity contribution in [2.24, 2.45) is 0 Å². The Bertz CT molecular complexity index is 1320. The first-order valence-electron chi connectivity index (χ1n) is 9.87. The van der Waals surface area contributed by atoms with Crippen molar-refractivity contribution >= 4 is 63.3 Å². The molecule has 0 aliphatic heterocycles. The van der Waals surface area contributed by atoms with E-state index < -0.39 is 0 Å². The van der Waals surface area contributed by atoms with Crippen molar-refractivity contribution in [2.45, 2.75) is 23.1 Å². The lowest BCUT2D eigenvalue weighted by atomic mass is 9.89. The number of rotatable bonds is 5. The summed E-state index contributed by atoms with van der Waals surface area (Å²) in [4.78, 5) is 14.0. The summed E-state index contributed by atoms with van der Waals surface area (Å²) in [6, 6.07) is 21.6. The van der Waals surface area contributed by atoms with Crippen LogP contribution in [-0.4, -0.2) is 13.1 Å². The van der Waals surface area contributed by atoms with E-state index in [1.807, 2.05) is 43.3 Å². The van der Waals surface area contributed by atoms with Crippen molar-refractivity contribution in [3.63, 3.8) is 0 Å². The van der Waals surface area contributed by atoms with Gasteiger partial charge in [0.25, 0.3) is 0 Å². The number of esters is 1. The van der Waals surface area contributed by atoms with E-state index in [9.17, 15) is 4.79 Å². The van der Waals surface area contributed by atoms with E-state index in [0.29, 0.717) is 15.1 Å². The van der Waals surface area contributed by atoms with Crippen LogP contribution < -0.4 is 0 Å². The fourth-order valence-corrected chi connectivity index (χ4v) is 5.20. The van der Waals surface area contributed by atoms with Crippen LogP contribution in [0.3, 0.4) is 0 Å². The van der Waals surface area contributed by atoms with Crippen LogP contribution in [0.4, 0.5) is 0 Å². The number of fused-ring (bicyclic) bond motifs is 1. The van der Waals surface area contributed by atoms with Crippen LogP contribution in [0, 0.1) is 6.92 Å². The number of hydrogen-bond acceptors (Lipinski definition) is 3. The van der Waals surface area contributed by atoms with Crippen LogP contribution in [0.15, 0.2) is 76.5 Å². The molecule has 0 unspecified atom stereocenters. The van der Waals surface area contributed by atoms with E-state index in [1.54, 1.807) is 17.8 Å². The first-order valence-corrected chi connectivity index (χ1v) is 11.8. The summed E-state index contributed by atoms with van der Waals surface area (Å²) in [6.45, 7) is 2.03. The summed E-state index contributed by atoms with van der Waals surface area (Å²) in [5.41, 5.74) is 4.08. The number of benzene rings is 4. The number of ether oxygens (including phenoxy) is 1. The summed E-state index contributed by atoms with van der Waals surface area (Å²) in [5, 5.41) is 3.98. The van der Waals surface area contributed by atoms with Crippen LogP contribution in [0.25, 0.3) is 21.9 Å². The van der Waals surface area contributed by atoms with Gasteiger partial charge in [-0.25, -0.2) is 0 Å². The molecule has 2 nitrogen and oxygen atoms in total. The van der Waals surface area contributed by atoms with Crippen LogP contribution in [0.1, 0.15) is 11.1 Å². The molecule has 0 bridgehead atoms. The van der Waals surface area contributed by atoms with Crippen molar-refractivity contribution in [1.29, 1.82) is 0 Å². The molecule has 0 fully saturated rings. The van der Waals surface area contributed by atoms with E-state index in [4.69, 9.17) is 39.5 Å². The quantitative estimate of drug-likeness (QED) is 0.256. The van der Waals surface area contributed by atoms with Crippen molar-refractivity contribution in [1.82, 2.24) is 0 Å². The highest BCUT2D eigenvalue weighted by molar-refractivity contribution is 7.99. The lowest BCUT2D eigenvalue weighted by Crippen LogP contribution is -2.06. The molecule has 0 saturated carbocycles. The molecule has 0 aromatic heterocycles. The maximum absolute atomic E-state index is 12.0. The van der Waals surface area contributed by atoms with Gasteiger partial charge in [0.2, 0.25) is 0 Å². The first kappa shape index (κ1) is 23.0. The molecular weight excluding hydrogens is 483 g/mol. The zero-order valence-corrected chi connectivity index (χ0v) is 20.5. The van der Waals surface area contributed by atoms with Crippen LogP contribution in [-0.2, 0) is 16.0 Å². The first-order chi connectivity index (χ1) is 15.4. The van der Waals surface area contributed by atoms with Gasteiger partial charge in [0.05, 0.1) is 18.6 Å². The largest absolute Gasteiger partial charge is 0.469 e. The molecule has 4 aromatic carbocycles. The van der Waals surface area contributed by atoms with Crippen LogP contribution >= 0.6 is 46.6 Å². The zero-order valence-electron chi connectivity index (χ0n) is 17.4. The van der Waals surface area contributed by atoms with Gasteiger partial charge in [0, 0.05) is 19.8 Å². The van der Waals surface area contributed by atoms with Gasteiger partial charge in [0.15, 0.2) is 0 Å². The number of methoxy groups -OCH3 is 1. The van der Waals surface area contributed by atoms with E-state index in [1.165, 1.54) is 7.11 Å². The van der Waals surface area contributed by atoms with E-state index in [2.05, 4.69) is 24.3 Å². The zero-order chi connectivity index (χ0) is 22.8. The molecule has 4 aromatic rings. The van der Waals surface area contributed by atoms with Crippen molar-refractivity contribution in [2.75, 3.05) is 7.11 Å². The molecule has 0 amide bonds. The summed E-state index contributed by atoms with van der Waals surface area (Å²) in [7, 11) is 1.41. The summed E-state index contributed by atoms with van der Waals surface area (Å²) < 4.78 is 4.89. The van der Waals surface area contributed by atoms with Crippen molar-refractivity contribution in [3.05, 3.63) is 92.9 Å². The minimum absolute atomic E-state index is 0.219. The standard InChI is InChI=1S/C26H19Cl3O2S/c1-15-18(12-25(30)31-2)11-17-3-6-19(27)13-22(17)26(15)16-4-8-21(9-5-16)32-24-10-7-20(28)14-23(24)29/h3-11,13-14H,12H2,1-2H3. The average molecular weight is 502 g/mol. The molecule has 0 heterocycles. The number of carbonyl (C=O) groups excluding carboxylic acids is 1. The monoisotopic (exact) mass is 500 g/mol. The predicted octanol–water partition coefficient (Wildman–Crippen LogP) is 8.64. The number of carbonyl (C=O) groups is 1. The predicted molar refractivity (Wildman–Crippen MR) is 135 cm³/mol. The Balaban J connectivity index is 1.77. The number of halogens is 3. The number of hydrogen-bond donors (Lipinski definition) is 0. The third-order valence-electron chi connectivity index (χ3n) is 5.30. The molecule has 0 aliphatic carbocycles. The Labute approximate surface area is 206 Å². The lowest BCUT2D eigenvalue weighted by molar-refractivity contribution is -0.139. The van der Waals surface area contributed by atoms with E-state index in [0.717, 1.165) is 42.8 Å². The fraction of sp³-hybridized carbons (Fsp3) is 0.115. The van der Waals surface area contributed by atoms with E-state index >= 15 is 0 Å². The molecular formula is C26H19Cl3O2S. The van der Waals surface area contributed by atoms with Crippen LogP contribution in [0.2, 0.25) is 15.1 Å². The van der Waals surface area contributed by atoms with Gasteiger partial charge in [-0.3, -0.25) is 4.79 Å². The smallest absolute Gasteiger partial charge is 0.309 e. The van der Waals surface area contributed by atoms with Gasteiger partial charge >= 0.3 is 5.97 Å². The van der Waals surface area contributed by atoms with Crippen molar-refractivity contribution in [3.8, 4) is 11.1 Å². The Hall–Kier alpha value is -2.17. The molecule has 0 N–H and O–H groups in total. The van der Waals surface area contributed by atoms with Gasteiger partial charge in [-0.15, -0.1) is 0 Å². The second kappa shape index (κ2) is 9.76. The topological polar surface area (TPSA) is 26.3 Å². The Morgan fingerprint density at radius 2 is 1.59 bits per heavy atom. The highest BCUT2D eigenvalue weighted by atomic mass is 35.5.